The molecule has 0 saturated carbocycles. The summed E-state index contributed by atoms with van der Waals surface area (Å²) in [6.45, 7) is 0.453. The van der Waals surface area contributed by atoms with Gasteiger partial charge in [0.15, 0.2) is 0 Å². The van der Waals surface area contributed by atoms with Crippen LogP contribution >= 0.6 is 34.5 Å². The number of carbonyl (C=O) groups excluding carboxylic acids is 1. The molecule has 0 radical (unpaired) electrons. The van der Waals surface area contributed by atoms with Gasteiger partial charge in [0, 0.05) is 11.4 Å². The Balaban J connectivity index is 1.53. The highest BCUT2D eigenvalue weighted by molar-refractivity contribution is 7.15. The largest absolute Gasteiger partial charge is 0.493 e. The lowest BCUT2D eigenvalue weighted by Gasteiger charge is -2.04. The molecule has 0 saturated heterocycles. The molecule has 0 bridgehead atoms. The fourth-order valence-corrected chi connectivity index (χ4v) is 3.07. The maximum atomic E-state index is 12.2. The SMILES string of the molecule is O=C(Nc1nnc(CCOc2ccc(Cl)cc2)s1)c1ccccc1Cl. The number of ether oxygens (including phenoxy) is 1. The molecule has 0 aliphatic rings. The zero-order valence-electron chi connectivity index (χ0n) is 12.9. The van der Waals surface area contributed by atoms with Crippen LogP contribution in [0.4, 0.5) is 5.13 Å². The van der Waals surface area contributed by atoms with E-state index in [1.165, 1.54) is 11.3 Å². The number of halogens is 2. The van der Waals surface area contributed by atoms with Crippen molar-refractivity contribution in [2.45, 2.75) is 6.42 Å². The van der Waals surface area contributed by atoms with E-state index < -0.39 is 0 Å². The molecule has 1 N–H and O–H groups in total. The third-order valence-corrected chi connectivity index (χ3v) is 4.68. The van der Waals surface area contributed by atoms with Crippen molar-refractivity contribution in [2.24, 2.45) is 0 Å². The molecular formula is C17H13Cl2N3O2S. The maximum Gasteiger partial charge on any atom is 0.259 e. The number of amides is 1. The van der Waals surface area contributed by atoms with E-state index in [2.05, 4.69) is 15.5 Å². The van der Waals surface area contributed by atoms with E-state index >= 15 is 0 Å². The standard InChI is InChI=1S/C17H13Cl2N3O2S/c18-11-5-7-12(8-6-11)24-10-9-15-21-22-17(25-15)20-16(23)13-3-1-2-4-14(13)19/h1-8H,9-10H2,(H,20,22,23). The highest BCUT2D eigenvalue weighted by Crippen LogP contribution is 2.20. The predicted octanol–water partition coefficient (Wildman–Crippen LogP) is 4.72. The molecule has 128 valence electrons. The van der Waals surface area contributed by atoms with Crippen LogP contribution in [0, 0.1) is 0 Å². The Morgan fingerprint density at radius 2 is 1.84 bits per heavy atom. The fraction of sp³-hybridized carbons (Fsp3) is 0.118. The highest BCUT2D eigenvalue weighted by Gasteiger charge is 2.12. The van der Waals surface area contributed by atoms with Gasteiger partial charge in [0.1, 0.15) is 10.8 Å². The summed E-state index contributed by atoms with van der Waals surface area (Å²) in [6, 6.07) is 14.0. The number of aromatic nitrogens is 2. The normalized spacial score (nSPS) is 10.5. The smallest absolute Gasteiger partial charge is 0.259 e. The summed E-state index contributed by atoms with van der Waals surface area (Å²) >= 11 is 13.1. The molecule has 3 aromatic rings. The van der Waals surface area contributed by atoms with Crippen molar-refractivity contribution < 1.29 is 9.53 Å². The first kappa shape index (κ1) is 17.7. The van der Waals surface area contributed by atoms with E-state index in [0.29, 0.717) is 33.8 Å². The number of nitrogens with zero attached hydrogens (tertiary/aromatic N) is 2. The maximum absolute atomic E-state index is 12.2. The van der Waals surface area contributed by atoms with Gasteiger partial charge in [0.25, 0.3) is 5.91 Å². The summed E-state index contributed by atoms with van der Waals surface area (Å²) in [7, 11) is 0. The quantitative estimate of drug-likeness (QED) is 0.657. The number of hydrogen-bond donors (Lipinski definition) is 1. The number of benzene rings is 2. The summed E-state index contributed by atoms with van der Waals surface area (Å²) in [5.74, 6) is 0.423. The van der Waals surface area contributed by atoms with Crippen LogP contribution in [0.5, 0.6) is 5.75 Å². The number of nitrogens with one attached hydrogen (secondary N) is 1. The van der Waals surface area contributed by atoms with Crippen LogP contribution in [0.25, 0.3) is 0 Å². The molecule has 0 atom stereocenters. The molecule has 5 nitrogen and oxygen atoms in total. The number of rotatable bonds is 6. The van der Waals surface area contributed by atoms with Gasteiger partial charge >= 0.3 is 0 Å². The molecule has 1 heterocycles. The zero-order valence-corrected chi connectivity index (χ0v) is 15.2. The predicted molar refractivity (Wildman–Crippen MR) is 100.0 cm³/mol. The third-order valence-electron chi connectivity index (χ3n) is 3.20. The second kappa shape index (κ2) is 8.29. The van der Waals surface area contributed by atoms with Crippen LogP contribution in [0.3, 0.4) is 0 Å². The first-order chi connectivity index (χ1) is 12.1. The van der Waals surface area contributed by atoms with Gasteiger partial charge in [-0.05, 0) is 36.4 Å². The van der Waals surface area contributed by atoms with E-state index in [1.807, 2.05) is 0 Å². The van der Waals surface area contributed by atoms with Gasteiger partial charge in [-0.25, -0.2) is 0 Å². The van der Waals surface area contributed by atoms with Crippen LogP contribution in [-0.4, -0.2) is 22.7 Å². The fourth-order valence-electron chi connectivity index (χ4n) is 2.00. The first-order valence-corrected chi connectivity index (χ1v) is 8.96. The summed E-state index contributed by atoms with van der Waals surface area (Å²) < 4.78 is 5.62. The lowest BCUT2D eigenvalue weighted by atomic mass is 10.2. The molecular weight excluding hydrogens is 381 g/mol. The summed E-state index contributed by atoms with van der Waals surface area (Å²) in [4.78, 5) is 12.2. The number of carbonyl (C=O) groups is 1. The molecule has 0 aliphatic carbocycles. The molecule has 1 amide bonds. The van der Waals surface area contributed by atoms with Gasteiger partial charge in [0.05, 0.1) is 17.2 Å². The Morgan fingerprint density at radius 3 is 2.60 bits per heavy atom. The van der Waals surface area contributed by atoms with Gasteiger partial charge in [-0.15, -0.1) is 10.2 Å². The summed E-state index contributed by atoms with van der Waals surface area (Å²) in [6.07, 6.45) is 0.586. The zero-order chi connectivity index (χ0) is 17.6. The van der Waals surface area contributed by atoms with Crippen LogP contribution < -0.4 is 10.1 Å². The van der Waals surface area contributed by atoms with Crippen LogP contribution in [0.1, 0.15) is 15.4 Å². The Hall–Kier alpha value is -2.15. The van der Waals surface area contributed by atoms with Crippen molar-refractivity contribution in [3.05, 3.63) is 69.1 Å². The van der Waals surface area contributed by atoms with Crippen molar-refractivity contribution in [3.63, 3.8) is 0 Å². The summed E-state index contributed by atoms with van der Waals surface area (Å²) in [5, 5.41) is 13.0. The van der Waals surface area contributed by atoms with Gasteiger partial charge < -0.3 is 4.74 Å². The highest BCUT2D eigenvalue weighted by atomic mass is 35.5. The summed E-state index contributed by atoms with van der Waals surface area (Å²) in [5.41, 5.74) is 0.395. The Labute approximate surface area is 158 Å². The van der Waals surface area contributed by atoms with Gasteiger partial charge in [-0.3, -0.25) is 10.1 Å². The Kier molecular flexibility index (Phi) is 5.86. The second-order valence-corrected chi connectivity index (χ2v) is 6.89. The van der Waals surface area contributed by atoms with E-state index in [1.54, 1.807) is 48.5 Å². The number of hydrogen-bond acceptors (Lipinski definition) is 5. The molecule has 0 fully saturated rings. The minimum absolute atomic E-state index is 0.314. The van der Waals surface area contributed by atoms with E-state index in [0.717, 1.165) is 10.8 Å². The first-order valence-electron chi connectivity index (χ1n) is 7.38. The Morgan fingerprint density at radius 1 is 1.08 bits per heavy atom. The van der Waals surface area contributed by atoms with Crippen LogP contribution in [0.15, 0.2) is 48.5 Å². The molecule has 3 rings (SSSR count). The van der Waals surface area contributed by atoms with Crippen molar-refractivity contribution in [1.82, 2.24) is 10.2 Å². The van der Waals surface area contributed by atoms with Gasteiger partial charge in [0.2, 0.25) is 5.13 Å². The van der Waals surface area contributed by atoms with E-state index in [4.69, 9.17) is 27.9 Å². The molecule has 8 heteroatoms. The van der Waals surface area contributed by atoms with Crippen molar-refractivity contribution in [2.75, 3.05) is 11.9 Å². The molecule has 0 unspecified atom stereocenters. The second-order valence-electron chi connectivity index (χ2n) is 4.99. The van der Waals surface area contributed by atoms with Crippen molar-refractivity contribution in [3.8, 4) is 5.75 Å². The average Bonchev–Trinajstić information content (AvgIpc) is 3.04. The molecule has 1 aromatic heterocycles. The van der Waals surface area contributed by atoms with Crippen LogP contribution in [0.2, 0.25) is 10.0 Å². The monoisotopic (exact) mass is 393 g/mol. The number of anilines is 1. The van der Waals surface area contributed by atoms with Crippen molar-refractivity contribution >= 4 is 45.6 Å². The Bertz CT molecular complexity index is 868. The molecule has 25 heavy (non-hydrogen) atoms. The van der Waals surface area contributed by atoms with Gasteiger partial charge in [-0.2, -0.15) is 0 Å². The minimum Gasteiger partial charge on any atom is -0.493 e. The molecule has 0 spiro atoms. The topological polar surface area (TPSA) is 64.1 Å². The lowest BCUT2D eigenvalue weighted by molar-refractivity contribution is 0.102. The van der Waals surface area contributed by atoms with Gasteiger partial charge in [-0.1, -0.05) is 46.7 Å². The molecule has 0 aliphatic heterocycles. The average molecular weight is 394 g/mol. The lowest BCUT2D eigenvalue weighted by Crippen LogP contribution is -2.12. The van der Waals surface area contributed by atoms with E-state index in [-0.39, 0.29) is 5.91 Å². The van der Waals surface area contributed by atoms with Crippen LogP contribution in [-0.2, 0) is 6.42 Å². The third kappa shape index (κ3) is 4.92. The van der Waals surface area contributed by atoms with E-state index in [9.17, 15) is 4.79 Å². The van der Waals surface area contributed by atoms with Crippen molar-refractivity contribution in [1.29, 1.82) is 0 Å². The minimum atomic E-state index is -0.314. The molecule has 2 aromatic carbocycles.